The van der Waals surface area contributed by atoms with Gasteiger partial charge in [-0.3, -0.25) is 9.82 Å². The fourth-order valence-corrected chi connectivity index (χ4v) is 2.84. The van der Waals surface area contributed by atoms with Crippen LogP contribution in [0, 0.1) is 6.92 Å². The first-order valence-corrected chi connectivity index (χ1v) is 7.43. The number of aromatic amines is 1. The lowest BCUT2D eigenvalue weighted by molar-refractivity contribution is 0.568. The zero-order valence-electron chi connectivity index (χ0n) is 10.9. The molecule has 0 radical (unpaired) electrons. The van der Waals surface area contributed by atoms with E-state index in [2.05, 4.69) is 25.1 Å². The summed E-state index contributed by atoms with van der Waals surface area (Å²) >= 11 is 0. The summed E-state index contributed by atoms with van der Waals surface area (Å²) < 4.78 is 31.8. The molecule has 8 nitrogen and oxygen atoms in total. The number of aromatic nitrogens is 4. The van der Waals surface area contributed by atoms with Gasteiger partial charge in [-0.2, -0.15) is 5.10 Å². The normalized spacial score (nSPS) is 11.5. The number of anilines is 1. The minimum atomic E-state index is -3.65. The molecule has 1 aromatic carbocycles. The Morgan fingerprint density at radius 1 is 1.33 bits per heavy atom. The maximum atomic E-state index is 12.1. The van der Waals surface area contributed by atoms with E-state index in [0.29, 0.717) is 11.6 Å². The number of hydrogen-bond donors (Lipinski definition) is 2. The predicted octanol–water partition coefficient (Wildman–Crippen LogP) is 1.57. The van der Waals surface area contributed by atoms with Gasteiger partial charge < -0.3 is 4.42 Å². The molecular formula is C12H11N5O3S. The smallest absolute Gasteiger partial charge is 0.265 e. The van der Waals surface area contributed by atoms with Crippen molar-refractivity contribution in [3.63, 3.8) is 0 Å². The molecule has 0 saturated carbocycles. The lowest BCUT2D eigenvalue weighted by Crippen LogP contribution is -2.13. The van der Waals surface area contributed by atoms with Crippen LogP contribution in [-0.2, 0) is 10.0 Å². The minimum absolute atomic E-state index is 0.0721. The van der Waals surface area contributed by atoms with Crippen LogP contribution in [0.1, 0.15) is 5.56 Å². The highest BCUT2D eigenvalue weighted by atomic mass is 32.2. The van der Waals surface area contributed by atoms with Gasteiger partial charge >= 0.3 is 0 Å². The molecule has 2 heterocycles. The summed E-state index contributed by atoms with van der Waals surface area (Å²) in [6.45, 7) is 1.78. The van der Waals surface area contributed by atoms with Crippen molar-refractivity contribution in [1.82, 2.24) is 20.4 Å². The van der Waals surface area contributed by atoms with Crippen LogP contribution in [0.25, 0.3) is 11.5 Å². The largest absolute Gasteiger partial charge is 0.423 e. The van der Waals surface area contributed by atoms with Crippen molar-refractivity contribution in [3.05, 3.63) is 42.5 Å². The van der Waals surface area contributed by atoms with Crippen molar-refractivity contribution in [2.75, 3.05) is 4.72 Å². The van der Waals surface area contributed by atoms with E-state index in [9.17, 15) is 8.42 Å². The Kier molecular flexibility index (Phi) is 3.18. The molecule has 0 bridgehead atoms. The van der Waals surface area contributed by atoms with Gasteiger partial charge in [0.25, 0.3) is 10.0 Å². The average Bonchev–Trinajstić information content (AvgIpc) is 3.14. The van der Waals surface area contributed by atoms with Crippen molar-refractivity contribution < 1.29 is 12.8 Å². The van der Waals surface area contributed by atoms with E-state index in [0.717, 1.165) is 11.1 Å². The Labute approximate surface area is 120 Å². The van der Waals surface area contributed by atoms with Crippen LogP contribution in [0.2, 0.25) is 0 Å². The first kappa shape index (κ1) is 13.3. The summed E-state index contributed by atoms with van der Waals surface area (Å²) in [6, 6.07) is 5.11. The molecule has 21 heavy (non-hydrogen) atoms. The van der Waals surface area contributed by atoms with Crippen LogP contribution < -0.4 is 4.72 Å². The minimum Gasteiger partial charge on any atom is -0.423 e. The monoisotopic (exact) mass is 305 g/mol. The number of nitrogens with zero attached hydrogens (tertiary/aromatic N) is 3. The number of nitrogens with one attached hydrogen (secondary N) is 2. The molecule has 3 rings (SSSR count). The number of H-pyrrole nitrogens is 1. The number of rotatable bonds is 4. The predicted molar refractivity (Wildman–Crippen MR) is 73.9 cm³/mol. The van der Waals surface area contributed by atoms with E-state index in [1.807, 2.05) is 0 Å². The summed E-state index contributed by atoms with van der Waals surface area (Å²) in [5.41, 5.74) is 1.92. The summed E-state index contributed by atoms with van der Waals surface area (Å²) in [5, 5.41) is 13.5. The molecule has 2 aromatic heterocycles. The Morgan fingerprint density at radius 2 is 2.19 bits per heavy atom. The third-order valence-corrected chi connectivity index (χ3v) is 4.19. The molecule has 0 aliphatic rings. The maximum absolute atomic E-state index is 12.1. The molecule has 0 aliphatic heterocycles. The molecule has 3 aromatic rings. The third kappa shape index (κ3) is 2.63. The van der Waals surface area contributed by atoms with Crippen LogP contribution in [0.5, 0.6) is 0 Å². The van der Waals surface area contributed by atoms with Gasteiger partial charge in [-0.15, -0.1) is 10.2 Å². The van der Waals surface area contributed by atoms with Crippen LogP contribution in [-0.4, -0.2) is 28.8 Å². The third-order valence-electron chi connectivity index (χ3n) is 2.86. The molecule has 0 unspecified atom stereocenters. The maximum Gasteiger partial charge on any atom is 0.265 e. The molecule has 0 saturated heterocycles. The SMILES string of the molecule is Cc1cc(-c2nnco2)ccc1NS(=O)(=O)c1cn[nH]c1. The summed E-state index contributed by atoms with van der Waals surface area (Å²) in [6.07, 6.45) is 3.79. The Balaban J connectivity index is 1.91. The lowest BCUT2D eigenvalue weighted by atomic mass is 10.1. The number of sulfonamides is 1. The number of hydrogen-bond acceptors (Lipinski definition) is 6. The van der Waals surface area contributed by atoms with Crippen molar-refractivity contribution in [1.29, 1.82) is 0 Å². The summed E-state index contributed by atoms with van der Waals surface area (Å²) in [4.78, 5) is 0.0721. The van der Waals surface area contributed by atoms with Crippen molar-refractivity contribution in [2.45, 2.75) is 11.8 Å². The first-order valence-electron chi connectivity index (χ1n) is 5.95. The molecule has 0 amide bonds. The van der Waals surface area contributed by atoms with Gasteiger partial charge in [-0.05, 0) is 30.7 Å². The van der Waals surface area contributed by atoms with Gasteiger partial charge in [0, 0.05) is 11.8 Å². The fraction of sp³-hybridized carbons (Fsp3) is 0.0833. The zero-order valence-corrected chi connectivity index (χ0v) is 11.8. The zero-order chi connectivity index (χ0) is 14.9. The molecule has 108 valence electrons. The summed E-state index contributed by atoms with van der Waals surface area (Å²) in [5.74, 6) is 0.377. The van der Waals surface area contributed by atoms with E-state index in [1.54, 1.807) is 25.1 Å². The molecule has 9 heteroatoms. The van der Waals surface area contributed by atoms with E-state index in [1.165, 1.54) is 18.8 Å². The van der Waals surface area contributed by atoms with E-state index >= 15 is 0 Å². The van der Waals surface area contributed by atoms with E-state index < -0.39 is 10.0 Å². The average molecular weight is 305 g/mol. The number of aryl methyl sites for hydroxylation is 1. The van der Waals surface area contributed by atoms with Crippen LogP contribution in [0.4, 0.5) is 5.69 Å². The lowest BCUT2D eigenvalue weighted by Gasteiger charge is -2.09. The fourth-order valence-electron chi connectivity index (χ4n) is 1.80. The number of benzene rings is 1. The first-order chi connectivity index (χ1) is 10.1. The van der Waals surface area contributed by atoms with Crippen molar-refractivity contribution >= 4 is 15.7 Å². The van der Waals surface area contributed by atoms with Gasteiger partial charge in [0.05, 0.1) is 11.9 Å². The highest BCUT2D eigenvalue weighted by Gasteiger charge is 2.16. The Hall–Kier alpha value is -2.68. The molecule has 0 atom stereocenters. The van der Waals surface area contributed by atoms with Crippen LogP contribution >= 0.6 is 0 Å². The van der Waals surface area contributed by atoms with Gasteiger partial charge in [0.15, 0.2) is 0 Å². The second-order valence-corrected chi connectivity index (χ2v) is 6.00. The van der Waals surface area contributed by atoms with Gasteiger partial charge in [0.1, 0.15) is 4.90 Å². The Morgan fingerprint density at radius 3 is 2.81 bits per heavy atom. The summed E-state index contributed by atoms with van der Waals surface area (Å²) in [7, 11) is -3.65. The second kappa shape index (κ2) is 5.02. The molecule has 0 aliphatic carbocycles. The van der Waals surface area contributed by atoms with Gasteiger partial charge in [0.2, 0.25) is 12.3 Å². The second-order valence-electron chi connectivity index (χ2n) is 4.31. The van der Waals surface area contributed by atoms with Gasteiger partial charge in [-0.1, -0.05) is 0 Å². The molecule has 0 fully saturated rings. The van der Waals surface area contributed by atoms with E-state index in [-0.39, 0.29) is 4.90 Å². The quantitative estimate of drug-likeness (QED) is 0.756. The highest BCUT2D eigenvalue weighted by Crippen LogP contribution is 2.25. The highest BCUT2D eigenvalue weighted by molar-refractivity contribution is 7.92. The molecular weight excluding hydrogens is 294 g/mol. The van der Waals surface area contributed by atoms with Crippen LogP contribution in [0.15, 0.2) is 46.3 Å². The van der Waals surface area contributed by atoms with Gasteiger partial charge in [-0.25, -0.2) is 8.42 Å². The standard InChI is InChI=1S/C12H11N5O3S/c1-8-4-9(12-16-15-7-20-12)2-3-11(8)17-21(18,19)10-5-13-14-6-10/h2-7,17H,1H3,(H,13,14). The van der Waals surface area contributed by atoms with Crippen molar-refractivity contribution in [3.8, 4) is 11.5 Å². The molecule has 2 N–H and O–H groups in total. The molecule has 0 spiro atoms. The van der Waals surface area contributed by atoms with Crippen LogP contribution in [0.3, 0.4) is 0 Å². The van der Waals surface area contributed by atoms with Crippen molar-refractivity contribution in [2.24, 2.45) is 0 Å². The van der Waals surface area contributed by atoms with E-state index in [4.69, 9.17) is 4.42 Å². The Bertz CT molecular complexity index is 841. The topological polar surface area (TPSA) is 114 Å².